The number of furan rings is 1. The van der Waals surface area contributed by atoms with Crippen LogP contribution in [-0.2, 0) is 11.3 Å². The van der Waals surface area contributed by atoms with E-state index in [9.17, 15) is 4.79 Å². The molecule has 1 N–H and O–H groups in total. The first-order valence-corrected chi connectivity index (χ1v) is 11.3. The third-order valence-electron chi connectivity index (χ3n) is 4.48. The highest BCUT2D eigenvalue weighted by Crippen LogP contribution is 2.28. The summed E-state index contributed by atoms with van der Waals surface area (Å²) in [4.78, 5) is 12.5. The second-order valence-electron chi connectivity index (χ2n) is 6.66. The first kappa shape index (κ1) is 22.3. The lowest BCUT2D eigenvalue weighted by atomic mass is 10.2. The zero-order valence-electron chi connectivity index (χ0n) is 16.9. The summed E-state index contributed by atoms with van der Waals surface area (Å²) < 4.78 is 12.5. The number of thioether (sulfide) groups is 1. The van der Waals surface area contributed by atoms with Crippen molar-refractivity contribution in [2.45, 2.75) is 11.7 Å². The van der Waals surface area contributed by atoms with Crippen LogP contribution in [0.4, 0.5) is 5.69 Å². The number of carbonyl (C=O) groups is 1. The van der Waals surface area contributed by atoms with E-state index in [1.54, 1.807) is 36.6 Å². The minimum absolute atomic E-state index is 0.139. The van der Waals surface area contributed by atoms with Crippen LogP contribution in [0.15, 0.2) is 70.4 Å². The number of methoxy groups -OCH3 is 1. The third-order valence-corrected chi connectivity index (χ3v) is 6.00. The zero-order valence-corrected chi connectivity index (χ0v) is 19.2. The number of anilines is 1. The van der Waals surface area contributed by atoms with Crippen LogP contribution in [0.1, 0.15) is 5.76 Å². The van der Waals surface area contributed by atoms with E-state index in [1.165, 1.54) is 18.9 Å². The summed E-state index contributed by atoms with van der Waals surface area (Å²) in [6, 6.07) is 16.1. The number of ether oxygens (including phenoxy) is 1. The first-order valence-electron chi connectivity index (χ1n) is 9.51. The lowest BCUT2D eigenvalue weighted by Crippen LogP contribution is -2.15. The Bertz CT molecular complexity index is 1210. The van der Waals surface area contributed by atoms with Crippen molar-refractivity contribution in [2.24, 2.45) is 0 Å². The molecule has 0 saturated carbocycles. The van der Waals surface area contributed by atoms with E-state index in [2.05, 4.69) is 15.5 Å². The van der Waals surface area contributed by atoms with Crippen molar-refractivity contribution >= 4 is 46.6 Å². The number of aromatic nitrogens is 3. The van der Waals surface area contributed by atoms with Crippen molar-refractivity contribution in [2.75, 3.05) is 18.2 Å². The summed E-state index contributed by atoms with van der Waals surface area (Å²) in [6.07, 6.45) is 1.61. The Hall–Kier alpha value is -2.94. The van der Waals surface area contributed by atoms with E-state index in [-0.39, 0.29) is 11.7 Å². The molecule has 0 aliphatic heterocycles. The predicted octanol–water partition coefficient (Wildman–Crippen LogP) is 5.63. The highest BCUT2D eigenvalue weighted by Gasteiger charge is 2.17. The largest absolute Gasteiger partial charge is 0.495 e. The van der Waals surface area contributed by atoms with Gasteiger partial charge in [0.2, 0.25) is 5.91 Å². The summed E-state index contributed by atoms with van der Waals surface area (Å²) in [5.41, 5.74) is 1.44. The van der Waals surface area contributed by atoms with Gasteiger partial charge in [-0.2, -0.15) is 0 Å². The minimum Gasteiger partial charge on any atom is -0.495 e. The zero-order chi connectivity index (χ0) is 22.5. The Morgan fingerprint density at radius 2 is 1.97 bits per heavy atom. The SMILES string of the molecule is COc1ccc(NC(=O)CSc2nnc(-c3ccc(Cl)cc3)n2Cc2ccco2)cc1Cl. The number of nitrogens with one attached hydrogen (secondary N) is 1. The van der Waals surface area contributed by atoms with Crippen molar-refractivity contribution in [1.82, 2.24) is 14.8 Å². The number of nitrogens with zero attached hydrogens (tertiary/aromatic N) is 3. The Kier molecular flexibility index (Phi) is 7.04. The number of benzene rings is 2. The maximum Gasteiger partial charge on any atom is 0.234 e. The van der Waals surface area contributed by atoms with Gasteiger partial charge in [-0.15, -0.1) is 10.2 Å². The first-order chi connectivity index (χ1) is 15.5. The maximum absolute atomic E-state index is 12.5. The van der Waals surface area contributed by atoms with Crippen molar-refractivity contribution in [3.8, 4) is 17.1 Å². The molecule has 2 heterocycles. The van der Waals surface area contributed by atoms with Crippen LogP contribution >= 0.6 is 35.0 Å². The second kappa shape index (κ2) is 10.1. The van der Waals surface area contributed by atoms with Gasteiger partial charge >= 0.3 is 0 Å². The van der Waals surface area contributed by atoms with Crippen LogP contribution in [0.5, 0.6) is 5.75 Å². The van der Waals surface area contributed by atoms with E-state index in [1.807, 2.05) is 28.8 Å². The van der Waals surface area contributed by atoms with E-state index in [0.717, 1.165) is 11.3 Å². The van der Waals surface area contributed by atoms with Gasteiger partial charge in [0.25, 0.3) is 0 Å². The molecule has 4 aromatic rings. The van der Waals surface area contributed by atoms with E-state index >= 15 is 0 Å². The highest BCUT2D eigenvalue weighted by molar-refractivity contribution is 7.99. The number of rotatable bonds is 8. The molecule has 7 nitrogen and oxygen atoms in total. The fraction of sp³-hybridized carbons (Fsp3) is 0.136. The van der Waals surface area contributed by atoms with Gasteiger partial charge < -0.3 is 14.5 Å². The molecule has 0 unspecified atom stereocenters. The van der Waals surface area contributed by atoms with E-state index < -0.39 is 0 Å². The predicted molar refractivity (Wildman–Crippen MR) is 126 cm³/mol. The molecule has 4 rings (SSSR count). The maximum atomic E-state index is 12.5. The van der Waals surface area contributed by atoms with Crippen molar-refractivity contribution in [1.29, 1.82) is 0 Å². The normalized spacial score (nSPS) is 10.8. The van der Waals surface area contributed by atoms with Crippen molar-refractivity contribution in [3.63, 3.8) is 0 Å². The molecular weight excluding hydrogens is 471 g/mol. The molecular formula is C22H18Cl2N4O3S. The quantitative estimate of drug-likeness (QED) is 0.323. The number of hydrogen-bond donors (Lipinski definition) is 1. The number of carbonyl (C=O) groups excluding carboxylic acids is 1. The van der Waals surface area contributed by atoms with Crippen LogP contribution in [0.25, 0.3) is 11.4 Å². The molecule has 2 aromatic heterocycles. The van der Waals surface area contributed by atoms with Crippen molar-refractivity contribution < 1.29 is 13.9 Å². The molecule has 0 radical (unpaired) electrons. The molecule has 0 spiro atoms. The van der Waals surface area contributed by atoms with E-state index in [0.29, 0.717) is 39.0 Å². The Morgan fingerprint density at radius 3 is 2.66 bits per heavy atom. The minimum atomic E-state index is -0.197. The number of amides is 1. The monoisotopic (exact) mass is 488 g/mol. The fourth-order valence-electron chi connectivity index (χ4n) is 2.98. The average molecular weight is 489 g/mol. The molecule has 0 fully saturated rings. The standard InChI is InChI=1S/C22H18Cl2N4O3S/c1-30-19-9-8-16(11-18(19)24)25-20(29)13-32-22-27-26-21(14-4-6-15(23)7-5-14)28(22)12-17-3-2-10-31-17/h2-11H,12-13H2,1H3,(H,25,29). The summed E-state index contributed by atoms with van der Waals surface area (Å²) in [7, 11) is 1.53. The van der Waals surface area contributed by atoms with Gasteiger partial charge in [-0.1, -0.05) is 35.0 Å². The topological polar surface area (TPSA) is 82.2 Å². The lowest BCUT2D eigenvalue weighted by molar-refractivity contribution is -0.113. The lowest BCUT2D eigenvalue weighted by Gasteiger charge is -2.10. The highest BCUT2D eigenvalue weighted by atomic mass is 35.5. The van der Waals surface area contributed by atoms with Crippen LogP contribution in [-0.4, -0.2) is 33.5 Å². The van der Waals surface area contributed by atoms with Crippen LogP contribution in [0, 0.1) is 0 Å². The number of halogens is 2. The molecule has 0 atom stereocenters. The summed E-state index contributed by atoms with van der Waals surface area (Å²) in [6.45, 7) is 0.427. The molecule has 0 aliphatic carbocycles. The smallest absolute Gasteiger partial charge is 0.234 e. The van der Waals surface area contributed by atoms with Gasteiger partial charge in [0.15, 0.2) is 11.0 Å². The molecule has 0 saturated heterocycles. The fourth-order valence-corrected chi connectivity index (χ4v) is 4.10. The molecule has 164 valence electrons. The van der Waals surface area contributed by atoms with Gasteiger partial charge in [0.1, 0.15) is 11.5 Å². The Morgan fingerprint density at radius 1 is 1.16 bits per heavy atom. The third kappa shape index (κ3) is 5.27. The molecule has 0 bridgehead atoms. The Balaban J connectivity index is 1.50. The van der Waals surface area contributed by atoms with Gasteiger partial charge in [-0.05, 0) is 54.6 Å². The van der Waals surface area contributed by atoms with E-state index in [4.69, 9.17) is 32.4 Å². The van der Waals surface area contributed by atoms with Crippen LogP contribution in [0.2, 0.25) is 10.0 Å². The van der Waals surface area contributed by atoms with Crippen LogP contribution < -0.4 is 10.1 Å². The number of hydrogen-bond acceptors (Lipinski definition) is 6. The molecule has 1 amide bonds. The van der Waals surface area contributed by atoms with Crippen LogP contribution in [0.3, 0.4) is 0 Å². The second-order valence-corrected chi connectivity index (χ2v) is 8.45. The Labute approximate surface area is 198 Å². The molecule has 10 heteroatoms. The molecule has 2 aromatic carbocycles. The summed E-state index contributed by atoms with van der Waals surface area (Å²) in [5.74, 6) is 1.89. The summed E-state index contributed by atoms with van der Waals surface area (Å²) in [5, 5.41) is 13.1. The van der Waals surface area contributed by atoms with Gasteiger partial charge in [-0.3, -0.25) is 9.36 Å². The molecule has 0 aliphatic rings. The van der Waals surface area contributed by atoms with Gasteiger partial charge in [0.05, 0.1) is 30.7 Å². The van der Waals surface area contributed by atoms with Crippen molar-refractivity contribution in [3.05, 3.63) is 76.7 Å². The van der Waals surface area contributed by atoms with Gasteiger partial charge in [-0.25, -0.2) is 0 Å². The average Bonchev–Trinajstić information content (AvgIpc) is 3.44. The summed E-state index contributed by atoms with van der Waals surface area (Å²) >= 11 is 13.4. The molecule has 32 heavy (non-hydrogen) atoms. The van der Waals surface area contributed by atoms with Gasteiger partial charge in [0, 0.05) is 16.3 Å².